The van der Waals surface area contributed by atoms with Crippen molar-refractivity contribution in [3.63, 3.8) is 0 Å². The fourth-order valence-corrected chi connectivity index (χ4v) is 5.00. The highest BCUT2D eigenvalue weighted by molar-refractivity contribution is 6.21. The first kappa shape index (κ1) is 23.6. The Morgan fingerprint density at radius 2 is 1.74 bits per heavy atom. The number of hydrogen-bond donors (Lipinski definition) is 0. The predicted molar refractivity (Wildman–Crippen MR) is 139 cm³/mol. The van der Waals surface area contributed by atoms with Crippen LogP contribution in [0.15, 0.2) is 71.3 Å². The third-order valence-electron chi connectivity index (χ3n) is 7.01. The molecule has 0 saturated carbocycles. The maximum absolute atomic E-state index is 12.7. The molecule has 0 spiro atoms. The van der Waals surface area contributed by atoms with Crippen molar-refractivity contribution in [2.24, 2.45) is 0 Å². The zero-order chi connectivity index (χ0) is 26.4. The van der Waals surface area contributed by atoms with E-state index in [0.29, 0.717) is 35.7 Å². The van der Waals surface area contributed by atoms with Crippen LogP contribution in [0.5, 0.6) is 0 Å². The van der Waals surface area contributed by atoms with E-state index in [4.69, 9.17) is 4.42 Å². The van der Waals surface area contributed by atoms with Gasteiger partial charge < -0.3 is 9.32 Å². The lowest BCUT2D eigenvalue weighted by Crippen LogP contribution is -2.34. The lowest BCUT2D eigenvalue weighted by molar-refractivity contribution is 0.0639. The molecule has 190 valence electrons. The Bertz CT molecular complexity index is 1590. The van der Waals surface area contributed by atoms with Crippen LogP contribution in [-0.2, 0) is 6.54 Å². The smallest absolute Gasteiger partial charge is 0.289 e. The van der Waals surface area contributed by atoms with Gasteiger partial charge in [0.2, 0.25) is 0 Å². The summed E-state index contributed by atoms with van der Waals surface area (Å²) in [5, 5.41) is 8.41. The lowest BCUT2D eigenvalue weighted by Gasteiger charge is -2.26. The highest BCUT2D eigenvalue weighted by Gasteiger charge is 2.35. The van der Waals surface area contributed by atoms with E-state index < -0.39 is 0 Å². The molecule has 38 heavy (non-hydrogen) atoms. The summed E-state index contributed by atoms with van der Waals surface area (Å²) in [5.74, 6) is 0.362. The number of hydrogen-bond acceptors (Lipinski definition) is 6. The number of imide groups is 1. The minimum absolute atomic E-state index is 0.0586. The summed E-state index contributed by atoms with van der Waals surface area (Å²) >= 11 is 0. The van der Waals surface area contributed by atoms with Crippen molar-refractivity contribution in [1.29, 1.82) is 0 Å². The number of rotatable bonds is 5. The number of aryl methyl sites for hydroxylation is 2. The fourth-order valence-electron chi connectivity index (χ4n) is 5.00. The van der Waals surface area contributed by atoms with Crippen LogP contribution in [0.4, 0.5) is 0 Å². The summed E-state index contributed by atoms with van der Waals surface area (Å²) < 4.78 is 7.13. The molecule has 0 bridgehead atoms. The minimum atomic E-state index is -0.319. The van der Waals surface area contributed by atoms with Gasteiger partial charge in [0.1, 0.15) is 11.5 Å². The van der Waals surface area contributed by atoms with Gasteiger partial charge in [0.25, 0.3) is 17.7 Å². The summed E-state index contributed by atoms with van der Waals surface area (Å²) in [6.07, 6.45) is 4.58. The zero-order valence-corrected chi connectivity index (χ0v) is 21.0. The molecular formula is C29H25N5O4. The Morgan fingerprint density at radius 1 is 0.974 bits per heavy atom. The second kappa shape index (κ2) is 9.26. The quantitative estimate of drug-likeness (QED) is 0.375. The van der Waals surface area contributed by atoms with Crippen LogP contribution in [0.2, 0.25) is 0 Å². The van der Waals surface area contributed by atoms with E-state index in [1.54, 1.807) is 52.2 Å². The maximum Gasteiger partial charge on any atom is 0.289 e. The van der Waals surface area contributed by atoms with Crippen molar-refractivity contribution in [2.45, 2.75) is 26.8 Å². The molecule has 2 aromatic carbocycles. The van der Waals surface area contributed by atoms with E-state index in [1.807, 2.05) is 26.0 Å². The van der Waals surface area contributed by atoms with Crippen LogP contribution in [-0.4, -0.2) is 55.6 Å². The number of amides is 3. The topological polar surface area (TPSA) is 102 Å². The Labute approximate surface area is 219 Å². The van der Waals surface area contributed by atoms with Crippen molar-refractivity contribution in [2.75, 3.05) is 13.1 Å². The van der Waals surface area contributed by atoms with E-state index in [1.165, 1.54) is 10.5 Å². The van der Waals surface area contributed by atoms with Gasteiger partial charge in [-0.05, 0) is 73.4 Å². The van der Waals surface area contributed by atoms with Gasteiger partial charge in [-0.2, -0.15) is 0 Å². The highest BCUT2D eigenvalue weighted by Crippen LogP contribution is 2.28. The van der Waals surface area contributed by atoms with Gasteiger partial charge in [0, 0.05) is 13.1 Å². The molecular weight excluding hydrogens is 482 g/mol. The number of aromatic nitrogens is 3. The molecule has 9 nitrogen and oxygen atoms in total. The molecule has 0 unspecified atom stereocenters. The molecule has 2 aromatic heterocycles. The summed E-state index contributed by atoms with van der Waals surface area (Å²) in [4.78, 5) is 41.0. The Kier molecular flexibility index (Phi) is 5.75. The Morgan fingerprint density at radius 3 is 2.37 bits per heavy atom. The van der Waals surface area contributed by atoms with E-state index >= 15 is 0 Å². The third-order valence-corrected chi connectivity index (χ3v) is 7.01. The minimum Gasteiger partial charge on any atom is -0.456 e. The first-order valence-electron chi connectivity index (χ1n) is 12.4. The molecule has 0 aliphatic carbocycles. The van der Waals surface area contributed by atoms with E-state index in [9.17, 15) is 14.4 Å². The second-order valence-electron chi connectivity index (χ2n) is 9.54. The molecule has 0 N–H and O–H groups in total. The SMILES string of the molecule is Cc1ccc(C(=O)N2CC=C(c3ccc(-n4cc(CN5C(=O)c6ccccc6C5=O)nn4)cc3C)CC2)o1. The molecule has 2 aliphatic heterocycles. The normalized spacial score (nSPS) is 15.2. The average molecular weight is 508 g/mol. The number of fused-ring (bicyclic) bond motifs is 1. The van der Waals surface area contributed by atoms with Gasteiger partial charge >= 0.3 is 0 Å². The zero-order valence-electron chi connectivity index (χ0n) is 21.0. The van der Waals surface area contributed by atoms with Crippen LogP contribution in [0.3, 0.4) is 0 Å². The summed E-state index contributed by atoms with van der Waals surface area (Å²) in [6.45, 7) is 5.07. The standard InChI is InChI=1S/C29H25N5O4/c1-18-15-22(8-9-23(18)20-11-13-32(14-12-20)29(37)26-10-7-19(2)38-26)34-17-21(30-31-34)16-33-27(35)24-5-3-4-6-25(24)28(33)36/h3-11,15,17H,12-14,16H2,1-2H3. The first-order chi connectivity index (χ1) is 18.4. The van der Waals surface area contributed by atoms with E-state index in [-0.39, 0.29) is 24.3 Å². The predicted octanol–water partition coefficient (Wildman–Crippen LogP) is 4.20. The molecule has 6 rings (SSSR count). The Balaban J connectivity index is 1.15. The van der Waals surface area contributed by atoms with Crippen molar-refractivity contribution < 1.29 is 18.8 Å². The van der Waals surface area contributed by atoms with Gasteiger partial charge in [-0.25, -0.2) is 4.68 Å². The first-order valence-corrected chi connectivity index (χ1v) is 12.4. The average Bonchev–Trinajstić information content (AvgIpc) is 3.64. The fraction of sp³-hybridized carbons (Fsp3) is 0.207. The van der Waals surface area contributed by atoms with Crippen LogP contribution in [0.25, 0.3) is 11.3 Å². The van der Waals surface area contributed by atoms with Crippen LogP contribution >= 0.6 is 0 Å². The van der Waals surface area contributed by atoms with Gasteiger partial charge in [-0.3, -0.25) is 19.3 Å². The lowest BCUT2D eigenvalue weighted by atomic mass is 9.95. The van der Waals surface area contributed by atoms with Gasteiger partial charge in [0.05, 0.1) is 29.6 Å². The van der Waals surface area contributed by atoms with Gasteiger partial charge in [-0.1, -0.05) is 29.5 Å². The second-order valence-corrected chi connectivity index (χ2v) is 9.54. The number of carbonyl (C=O) groups is 3. The number of benzene rings is 2. The number of carbonyl (C=O) groups excluding carboxylic acids is 3. The Hall–Kier alpha value is -4.79. The van der Waals surface area contributed by atoms with Crippen molar-refractivity contribution in [1.82, 2.24) is 24.8 Å². The molecule has 2 aliphatic rings. The van der Waals surface area contributed by atoms with Crippen molar-refractivity contribution in [3.8, 4) is 5.69 Å². The van der Waals surface area contributed by atoms with E-state index in [0.717, 1.165) is 29.0 Å². The number of nitrogens with zero attached hydrogens (tertiary/aromatic N) is 5. The van der Waals surface area contributed by atoms with Gasteiger partial charge in [-0.15, -0.1) is 5.10 Å². The maximum atomic E-state index is 12.7. The third kappa shape index (κ3) is 4.11. The summed E-state index contributed by atoms with van der Waals surface area (Å²) in [7, 11) is 0. The van der Waals surface area contributed by atoms with Gasteiger partial charge in [0.15, 0.2) is 5.76 Å². The molecule has 0 radical (unpaired) electrons. The molecule has 4 heterocycles. The summed E-state index contributed by atoms with van der Waals surface area (Å²) in [6, 6.07) is 16.4. The molecule has 4 aromatic rings. The van der Waals surface area contributed by atoms with Crippen LogP contribution < -0.4 is 0 Å². The van der Waals surface area contributed by atoms with Crippen LogP contribution in [0, 0.1) is 13.8 Å². The molecule has 9 heteroatoms. The monoisotopic (exact) mass is 507 g/mol. The molecule has 0 fully saturated rings. The molecule has 3 amide bonds. The summed E-state index contributed by atoms with van der Waals surface area (Å²) in [5.41, 5.74) is 5.57. The largest absolute Gasteiger partial charge is 0.456 e. The highest BCUT2D eigenvalue weighted by atomic mass is 16.3. The van der Waals surface area contributed by atoms with E-state index in [2.05, 4.69) is 22.5 Å². The number of furan rings is 1. The van der Waals surface area contributed by atoms with Crippen LogP contribution in [0.1, 0.15) is 60.3 Å². The molecule has 0 saturated heterocycles. The van der Waals surface area contributed by atoms with Crippen molar-refractivity contribution in [3.05, 3.63) is 106 Å². The molecule has 0 atom stereocenters. The van der Waals surface area contributed by atoms with Crippen molar-refractivity contribution >= 4 is 23.3 Å².